The fourth-order valence-electron chi connectivity index (χ4n) is 2.14. The van der Waals surface area contributed by atoms with Crippen molar-refractivity contribution in [2.45, 2.75) is 13.0 Å². The molecular weight excluding hydrogens is 324 g/mol. The second kappa shape index (κ2) is 7.89. The van der Waals surface area contributed by atoms with Gasteiger partial charge < -0.3 is 10.3 Å². The highest BCUT2D eigenvalue weighted by Gasteiger charge is 2.19. The van der Waals surface area contributed by atoms with Crippen molar-refractivity contribution in [3.8, 4) is 0 Å². The van der Waals surface area contributed by atoms with Gasteiger partial charge in [-0.3, -0.25) is 4.57 Å². The summed E-state index contributed by atoms with van der Waals surface area (Å²) in [6.07, 6.45) is 0. The van der Waals surface area contributed by atoms with Gasteiger partial charge >= 0.3 is 0 Å². The molecule has 1 unspecified atom stereocenters. The number of hydrogen-bond donors (Lipinski definition) is 1. The van der Waals surface area contributed by atoms with Crippen LogP contribution in [0.2, 0.25) is 0 Å². The average Bonchev–Trinajstić information content (AvgIpc) is 2.47. The maximum atomic E-state index is 12.9. The zero-order valence-corrected chi connectivity index (χ0v) is 14.2. The summed E-state index contributed by atoms with van der Waals surface area (Å²) in [6, 6.07) is 13.0. The van der Waals surface area contributed by atoms with Crippen molar-refractivity contribution in [3.63, 3.8) is 0 Å². The van der Waals surface area contributed by atoms with Crippen molar-refractivity contribution in [2.75, 3.05) is 13.3 Å². The molecule has 2 aromatic rings. The molecule has 0 aliphatic rings. The van der Waals surface area contributed by atoms with Gasteiger partial charge in [0, 0.05) is 12.0 Å². The minimum absolute atomic E-state index is 0. The number of halogens is 2. The molecule has 120 valence electrons. The van der Waals surface area contributed by atoms with E-state index < -0.39 is 7.37 Å². The Morgan fingerprint density at radius 3 is 2.00 bits per heavy atom. The number of nitrogens with two attached hydrogens (primary N) is 1. The molecule has 2 rings (SSSR count). The molecule has 0 aromatic heterocycles. The zero-order valence-electron chi connectivity index (χ0n) is 12.5. The molecule has 3 nitrogen and oxygen atoms in total. The molecule has 0 heterocycles. The molecule has 0 fully saturated rings. The molecule has 0 aliphatic heterocycles. The molecule has 2 N–H and O–H groups in total. The van der Waals surface area contributed by atoms with E-state index in [9.17, 15) is 8.96 Å². The standard InChI is InChI=1S/C16H19FNO2P.ClH/c1-3-20-21(2,19)15-10-6-13(7-11-15)16(18)12-4-8-14(17)9-5-12;/h4-11,16H,3,18H2,1-2H3;1H/t16-,21?;/m0./s1. The minimum atomic E-state index is -2.76. The first-order valence-corrected chi connectivity index (χ1v) is 8.85. The molecule has 0 saturated heterocycles. The molecule has 22 heavy (non-hydrogen) atoms. The van der Waals surface area contributed by atoms with Crippen LogP contribution in [0.1, 0.15) is 24.1 Å². The van der Waals surface area contributed by atoms with Gasteiger partial charge in [0.2, 0.25) is 7.37 Å². The summed E-state index contributed by atoms with van der Waals surface area (Å²) in [7, 11) is -2.76. The van der Waals surface area contributed by atoms with E-state index in [4.69, 9.17) is 10.3 Å². The lowest BCUT2D eigenvalue weighted by Gasteiger charge is -2.16. The Morgan fingerprint density at radius 1 is 1.09 bits per heavy atom. The van der Waals surface area contributed by atoms with E-state index in [1.54, 1.807) is 30.9 Å². The smallest absolute Gasteiger partial charge is 0.229 e. The topological polar surface area (TPSA) is 52.3 Å². The van der Waals surface area contributed by atoms with E-state index in [0.29, 0.717) is 11.9 Å². The largest absolute Gasteiger partial charge is 0.326 e. The monoisotopic (exact) mass is 343 g/mol. The van der Waals surface area contributed by atoms with Crippen LogP contribution in [0.25, 0.3) is 0 Å². The Balaban J connectivity index is 0.00000242. The van der Waals surface area contributed by atoms with Gasteiger partial charge in [0.15, 0.2) is 0 Å². The van der Waals surface area contributed by atoms with Gasteiger partial charge in [-0.1, -0.05) is 24.3 Å². The molecular formula is C16H20ClFNO2P. The molecule has 0 bridgehead atoms. The van der Waals surface area contributed by atoms with E-state index in [2.05, 4.69) is 0 Å². The summed E-state index contributed by atoms with van der Waals surface area (Å²) in [5.41, 5.74) is 7.87. The first-order valence-electron chi connectivity index (χ1n) is 6.77. The SMILES string of the molecule is CCOP(C)(=O)c1ccc([C@@H](N)c2ccc(F)cc2)cc1.Cl. The van der Waals surface area contributed by atoms with Gasteiger partial charge in [0.25, 0.3) is 0 Å². The summed E-state index contributed by atoms with van der Waals surface area (Å²) in [4.78, 5) is 0. The molecule has 0 amide bonds. The van der Waals surface area contributed by atoms with Crippen LogP contribution in [0, 0.1) is 5.82 Å². The van der Waals surface area contributed by atoms with Crippen LogP contribution < -0.4 is 11.0 Å². The fourth-order valence-corrected chi connectivity index (χ4v) is 3.47. The molecule has 0 radical (unpaired) electrons. The normalized spacial score (nSPS) is 14.7. The minimum Gasteiger partial charge on any atom is -0.326 e. The second-order valence-electron chi connectivity index (χ2n) is 4.88. The Morgan fingerprint density at radius 2 is 1.55 bits per heavy atom. The average molecular weight is 344 g/mol. The molecule has 0 aliphatic carbocycles. The van der Waals surface area contributed by atoms with Crippen molar-refractivity contribution in [1.82, 2.24) is 0 Å². The molecule has 2 atom stereocenters. The summed E-state index contributed by atoms with van der Waals surface area (Å²) in [5.74, 6) is -0.287. The van der Waals surface area contributed by atoms with Gasteiger partial charge in [0.1, 0.15) is 5.82 Å². The first-order chi connectivity index (χ1) is 9.94. The van der Waals surface area contributed by atoms with Crippen LogP contribution in [0.3, 0.4) is 0 Å². The van der Waals surface area contributed by atoms with E-state index in [0.717, 1.165) is 11.1 Å². The highest BCUT2D eigenvalue weighted by molar-refractivity contribution is 7.66. The lowest BCUT2D eigenvalue weighted by Crippen LogP contribution is -2.13. The van der Waals surface area contributed by atoms with Crippen molar-refractivity contribution in [2.24, 2.45) is 5.73 Å². The third-order valence-electron chi connectivity index (χ3n) is 3.33. The summed E-state index contributed by atoms with van der Waals surface area (Å²) in [6.45, 7) is 3.82. The van der Waals surface area contributed by atoms with E-state index in [1.807, 2.05) is 19.1 Å². The van der Waals surface area contributed by atoms with Crippen molar-refractivity contribution in [3.05, 3.63) is 65.5 Å². The highest BCUT2D eigenvalue weighted by atomic mass is 35.5. The highest BCUT2D eigenvalue weighted by Crippen LogP contribution is 2.41. The zero-order chi connectivity index (χ0) is 15.5. The lowest BCUT2D eigenvalue weighted by molar-refractivity contribution is 0.345. The maximum Gasteiger partial charge on any atom is 0.229 e. The Bertz CT molecular complexity index is 646. The Hall–Kier alpha value is -1.19. The molecule has 0 spiro atoms. The van der Waals surface area contributed by atoms with Crippen LogP contribution in [0.15, 0.2) is 48.5 Å². The first kappa shape index (κ1) is 18.9. The van der Waals surface area contributed by atoms with Crippen LogP contribution in [0.5, 0.6) is 0 Å². The van der Waals surface area contributed by atoms with Crippen molar-refractivity contribution >= 4 is 25.1 Å². The summed E-state index contributed by atoms with van der Waals surface area (Å²) >= 11 is 0. The molecule has 2 aromatic carbocycles. The van der Waals surface area contributed by atoms with Crippen molar-refractivity contribution < 1.29 is 13.5 Å². The fraction of sp³-hybridized carbons (Fsp3) is 0.250. The number of rotatable bonds is 5. The predicted molar refractivity (Wildman–Crippen MR) is 90.9 cm³/mol. The van der Waals surface area contributed by atoms with E-state index >= 15 is 0 Å². The van der Waals surface area contributed by atoms with Crippen LogP contribution >= 0.6 is 19.8 Å². The number of benzene rings is 2. The molecule has 6 heteroatoms. The second-order valence-corrected chi connectivity index (χ2v) is 7.35. The lowest BCUT2D eigenvalue weighted by atomic mass is 10.00. The molecule has 0 saturated carbocycles. The third-order valence-corrected chi connectivity index (χ3v) is 5.31. The van der Waals surface area contributed by atoms with Crippen LogP contribution in [-0.2, 0) is 9.09 Å². The van der Waals surface area contributed by atoms with E-state index in [-0.39, 0.29) is 24.3 Å². The quantitative estimate of drug-likeness (QED) is 0.839. The Labute approximate surface area is 136 Å². The Kier molecular flexibility index (Phi) is 6.76. The van der Waals surface area contributed by atoms with E-state index in [1.165, 1.54) is 12.1 Å². The summed E-state index contributed by atoms with van der Waals surface area (Å²) in [5, 5.41) is 0.666. The third kappa shape index (κ3) is 4.40. The van der Waals surface area contributed by atoms with Gasteiger partial charge in [-0.05, 0) is 42.3 Å². The van der Waals surface area contributed by atoms with Gasteiger partial charge in [-0.15, -0.1) is 12.4 Å². The number of hydrogen-bond acceptors (Lipinski definition) is 3. The predicted octanol–water partition coefficient (Wildman–Crippen LogP) is 3.87. The van der Waals surface area contributed by atoms with Gasteiger partial charge in [-0.2, -0.15) is 0 Å². The van der Waals surface area contributed by atoms with Gasteiger partial charge in [-0.25, -0.2) is 4.39 Å². The van der Waals surface area contributed by atoms with Gasteiger partial charge in [0.05, 0.1) is 12.6 Å². The summed E-state index contributed by atoms with van der Waals surface area (Å²) < 4.78 is 30.5. The van der Waals surface area contributed by atoms with Crippen molar-refractivity contribution in [1.29, 1.82) is 0 Å². The van der Waals surface area contributed by atoms with Crippen LogP contribution in [0.4, 0.5) is 4.39 Å². The van der Waals surface area contributed by atoms with Crippen LogP contribution in [-0.4, -0.2) is 13.3 Å². The maximum absolute atomic E-state index is 12.9.